The average Bonchev–Trinajstić information content (AvgIpc) is 2.99. The van der Waals surface area contributed by atoms with E-state index in [0.29, 0.717) is 13.0 Å². The van der Waals surface area contributed by atoms with E-state index in [0.717, 1.165) is 5.69 Å². The molecule has 1 aliphatic rings. The van der Waals surface area contributed by atoms with Crippen molar-refractivity contribution in [3.05, 3.63) is 18.0 Å². The van der Waals surface area contributed by atoms with Gasteiger partial charge in [0.25, 0.3) is 0 Å². The zero-order chi connectivity index (χ0) is 15.7. The highest BCUT2D eigenvalue weighted by molar-refractivity contribution is 7.91. The molecule has 0 amide bonds. The van der Waals surface area contributed by atoms with Gasteiger partial charge < -0.3 is 10.3 Å². The minimum absolute atomic E-state index is 0.0551. The predicted molar refractivity (Wildman–Crippen MR) is 79.9 cm³/mol. The molecule has 2 rings (SSSR count). The number of aromatic nitrogens is 1. The van der Waals surface area contributed by atoms with Gasteiger partial charge >= 0.3 is 0 Å². The van der Waals surface area contributed by atoms with Crippen LogP contribution in [-0.4, -0.2) is 39.5 Å². The second-order valence-electron chi connectivity index (χ2n) is 5.28. The van der Waals surface area contributed by atoms with Crippen molar-refractivity contribution >= 4 is 19.9 Å². The first kappa shape index (κ1) is 16.5. The van der Waals surface area contributed by atoms with Crippen molar-refractivity contribution < 1.29 is 16.8 Å². The van der Waals surface area contributed by atoms with Gasteiger partial charge in [-0.25, -0.2) is 21.6 Å². The molecule has 0 aliphatic carbocycles. The molecule has 2 heterocycles. The highest BCUT2D eigenvalue weighted by Crippen LogP contribution is 2.19. The smallest absolute Gasteiger partial charge is 0.242 e. The quantitative estimate of drug-likeness (QED) is 0.740. The largest absolute Gasteiger partial charge is 0.349 e. The lowest BCUT2D eigenvalue weighted by Gasteiger charge is -2.09. The molecule has 0 saturated carbocycles. The van der Waals surface area contributed by atoms with Crippen LogP contribution < -0.4 is 10.5 Å². The van der Waals surface area contributed by atoms with Gasteiger partial charge in [0.1, 0.15) is 0 Å². The van der Waals surface area contributed by atoms with Crippen LogP contribution in [0, 0.1) is 5.92 Å². The molecule has 1 atom stereocenters. The molecular weight excluding hydrogens is 314 g/mol. The number of sulfonamides is 1. The van der Waals surface area contributed by atoms with Crippen LogP contribution in [0.15, 0.2) is 17.2 Å². The molecule has 120 valence electrons. The Morgan fingerprint density at radius 3 is 2.67 bits per heavy atom. The van der Waals surface area contributed by atoms with Crippen LogP contribution in [0.25, 0.3) is 0 Å². The maximum absolute atomic E-state index is 12.2. The lowest BCUT2D eigenvalue weighted by molar-refractivity contribution is 0.543. The molecule has 3 N–H and O–H groups in total. The molecule has 1 aromatic heterocycles. The van der Waals surface area contributed by atoms with Gasteiger partial charge in [0.2, 0.25) is 10.0 Å². The molecule has 9 heteroatoms. The third kappa shape index (κ3) is 3.85. The monoisotopic (exact) mass is 335 g/mol. The van der Waals surface area contributed by atoms with Crippen LogP contribution in [-0.2, 0) is 33.0 Å². The summed E-state index contributed by atoms with van der Waals surface area (Å²) >= 11 is 0. The fourth-order valence-electron chi connectivity index (χ4n) is 2.48. The van der Waals surface area contributed by atoms with Crippen LogP contribution in [0.1, 0.15) is 19.0 Å². The molecule has 0 bridgehead atoms. The van der Waals surface area contributed by atoms with Crippen molar-refractivity contribution in [2.45, 2.75) is 31.3 Å². The molecule has 0 aromatic carbocycles. The van der Waals surface area contributed by atoms with Gasteiger partial charge in [0.15, 0.2) is 9.84 Å². The van der Waals surface area contributed by atoms with Gasteiger partial charge in [0, 0.05) is 31.5 Å². The molecule has 1 fully saturated rings. The lowest BCUT2D eigenvalue weighted by atomic mass is 10.1. The van der Waals surface area contributed by atoms with E-state index in [1.807, 2.05) is 6.92 Å². The first-order valence-electron chi connectivity index (χ1n) is 6.86. The van der Waals surface area contributed by atoms with Crippen molar-refractivity contribution in [3.8, 4) is 0 Å². The Balaban J connectivity index is 2.07. The third-order valence-corrected chi connectivity index (χ3v) is 6.94. The fraction of sp³-hybridized carbons (Fsp3) is 0.667. The number of sulfone groups is 1. The first-order valence-corrected chi connectivity index (χ1v) is 10.2. The summed E-state index contributed by atoms with van der Waals surface area (Å²) < 4.78 is 51.5. The second-order valence-corrected chi connectivity index (χ2v) is 9.27. The molecule has 0 spiro atoms. The fourth-order valence-corrected chi connectivity index (χ4v) is 5.52. The van der Waals surface area contributed by atoms with Gasteiger partial charge in [0.05, 0.1) is 16.4 Å². The number of nitrogens with zero attached hydrogens (tertiary/aromatic N) is 1. The molecule has 1 aliphatic heterocycles. The van der Waals surface area contributed by atoms with E-state index in [9.17, 15) is 16.8 Å². The van der Waals surface area contributed by atoms with Gasteiger partial charge in [-0.15, -0.1) is 0 Å². The van der Waals surface area contributed by atoms with E-state index in [1.54, 1.807) is 16.8 Å². The summed E-state index contributed by atoms with van der Waals surface area (Å²) in [7, 11) is -6.62. The number of hydrogen-bond donors (Lipinski definition) is 2. The van der Waals surface area contributed by atoms with Gasteiger partial charge in [-0.3, -0.25) is 0 Å². The van der Waals surface area contributed by atoms with E-state index >= 15 is 0 Å². The minimum atomic E-state index is -3.63. The highest BCUT2D eigenvalue weighted by Gasteiger charge is 2.29. The molecule has 7 nitrogen and oxygen atoms in total. The standard InChI is InChI=1S/C12H21N3O4S2/c1-2-15-8-12(5-11(15)6-13)21(18,19)14-7-10-3-4-20(16,17)9-10/h5,8,10,14H,2-4,6-7,9,13H2,1H3. The summed E-state index contributed by atoms with van der Waals surface area (Å²) in [5.41, 5.74) is 6.33. The maximum Gasteiger partial charge on any atom is 0.242 e. The lowest BCUT2D eigenvalue weighted by Crippen LogP contribution is -2.29. The van der Waals surface area contributed by atoms with Crippen molar-refractivity contribution in [3.63, 3.8) is 0 Å². The van der Waals surface area contributed by atoms with Gasteiger partial charge in [-0.2, -0.15) is 0 Å². The normalized spacial score (nSPS) is 21.7. The summed E-state index contributed by atoms with van der Waals surface area (Å²) in [5.74, 6) is 0.0506. The zero-order valence-corrected chi connectivity index (χ0v) is 13.6. The summed E-state index contributed by atoms with van der Waals surface area (Å²) in [6.45, 7) is 2.97. The van der Waals surface area contributed by atoms with E-state index < -0.39 is 19.9 Å². The minimum Gasteiger partial charge on any atom is -0.349 e. The average molecular weight is 335 g/mol. The molecule has 21 heavy (non-hydrogen) atoms. The van der Waals surface area contributed by atoms with Crippen LogP contribution in [0.2, 0.25) is 0 Å². The molecule has 1 saturated heterocycles. The van der Waals surface area contributed by atoms with Crippen LogP contribution in [0.3, 0.4) is 0 Å². The maximum atomic E-state index is 12.2. The van der Waals surface area contributed by atoms with E-state index in [-0.39, 0.29) is 35.4 Å². The highest BCUT2D eigenvalue weighted by atomic mass is 32.2. The Bertz CT molecular complexity index is 685. The van der Waals surface area contributed by atoms with E-state index in [4.69, 9.17) is 5.73 Å². The number of aryl methyl sites for hydroxylation is 1. The Labute approximate surface area is 125 Å². The second kappa shape index (κ2) is 6.07. The van der Waals surface area contributed by atoms with Gasteiger partial charge in [-0.1, -0.05) is 0 Å². The number of hydrogen-bond acceptors (Lipinski definition) is 5. The Morgan fingerprint density at radius 2 is 2.19 bits per heavy atom. The molecule has 1 unspecified atom stereocenters. The Hall–Kier alpha value is -0.900. The summed E-state index contributed by atoms with van der Waals surface area (Å²) in [6.07, 6.45) is 2.06. The van der Waals surface area contributed by atoms with Gasteiger partial charge in [-0.05, 0) is 25.3 Å². The van der Waals surface area contributed by atoms with Crippen LogP contribution >= 0.6 is 0 Å². The van der Waals surface area contributed by atoms with Crippen LogP contribution in [0.4, 0.5) is 0 Å². The Kier molecular flexibility index (Phi) is 4.76. The molecule has 1 aromatic rings. The third-order valence-electron chi connectivity index (χ3n) is 3.71. The van der Waals surface area contributed by atoms with Crippen LogP contribution in [0.5, 0.6) is 0 Å². The number of nitrogens with two attached hydrogens (primary N) is 1. The summed E-state index contributed by atoms with van der Waals surface area (Å²) in [6, 6.07) is 1.55. The predicted octanol–water partition coefficient (Wildman–Crippen LogP) is -0.320. The van der Waals surface area contributed by atoms with E-state index in [2.05, 4.69) is 4.72 Å². The Morgan fingerprint density at radius 1 is 1.48 bits per heavy atom. The van der Waals surface area contributed by atoms with Crippen molar-refractivity contribution in [2.24, 2.45) is 11.7 Å². The molecular formula is C12H21N3O4S2. The zero-order valence-electron chi connectivity index (χ0n) is 11.9. The SMILES string of the molecule is CCn1cc(S(=O)(=O)NCC2CCS(=O)(=O)C2)cc1CN. The van der Waals surface area contributed by atoms with Crippen molar-refractivity contribution in [1.29, 1.82) is 0 Å². The van der Waals surface area contributed by atoms with Crippen molar-refractivity contribution in [2.75, 3.05) is 18.1 Å². The first-order chi connectivity index (χ1) is 9.77. The summed E-state index contributed by atoms with van der Waals surface area (Å²) in [5, 5.41) is 0. The number of nitrogens with one attached hydrogen (secondary N) is 1. The topological polar surface area (TPSA) is 111 Å². The van der Waals surface area contributed by atoms with E-state index in [1.165, 1.54) is 0 Å². The number of rotatable bonds is 6. The van der Waals surface area contributed by atoms with Crippen molar-refractivity contribution in [1.82, 2.24) is 9.29 Å². The summed E-state index contributed by atoms with van der Waals surface area (Å²) in [4.78, 5) is 0.172. The molecule has 0 radical (unpaired) electrons.